The Morgan fingerprint density at radius 2 is 1.92 bits per heavy atom. The van der Waals surface area contributed by atoms with Crippen LogP contribution in [0.5, 0.6) is 11.5 Å². The molecule has 186 valence electrons. The molecule has 2 aromatic carbocycles. The quantitative estimate of drug-likeness (QED) is 0.298. The zero-order valence-corrected chi connectivity index (χ0v) is 20.0. The highest BCUT2D eigenvalue weighted by Gasteiger charge is 2.29. The highest BCUT2D eigenvalue weighted by Crippen LogP contribution is 2.38. The summed E-state index contributed by atoms with van der Waals surface area (Å²) in [6.07, 6.45) is 1.06. The van der Waals surface area contributed by atoms with Crippen LogP contribution in [-0.2, 0) is 11.2 Å². The number of anilines is 1. The summed E-state index contributed by atoms with van der Waals surface area (Å²) in [5.74, 6) is -3.22. The van der Waals surface area contributed by atoms with Gasteiger partial charge in [0.1, 0.15) is 11.9 Å². The molecule has 7 nitrogen and oxygen atoms in total. The van der Waals surface area contributed by atoms with Crippen molar-refractivity contribution in [3.05, 3.63) is 94.5 Å². The van der Waals surface area contributed by atoms with Crippen LogP contribution in [0.4, 0.5) is 14.5 Å². The highest BCUT2D eigenvalue weighted by atomic mass is 35.5. The van der Waals surface area contributed by atoms with Gasteiger partial charge < -0.3 is 24.3 Å². The molecule has 1 amide bonds. The Morgan fingerprint density at radius 3 is 2.56 bits per heavy atom. The molecule has 36 heavy (non-hydrogen) atoms. The van der Waals surface area contributed by atoms with Gasteiger partial charge in [0, 0.05) is 39.8 Å². The van der Waals surface area contributed by atoms with E-state index in [1.807, 2.05) is 0 Å². The van der Waals surface area contributed by atoms with Crippen LogP contribution < -0.4 is 14.8 Å². The smallest absolute Gasteiger partial charge is 0.247 e. The average Bonchev–Trinajstić information content (AvgIpc) is 3.30. The van der Waals surface area contributed by atoms with Crippen LogP contribution in [0.3, 0.4) is 0 Å². The van der Waals surface area contributed by atoms with Crippen molar-refractivity contribution in [1.29, 1.82) is 0 Å². The monoisotopic (exact) mass is 514 g/mol. The molecule has 10 heteroatoms. The number of halogens is 3. The third-order valence-electron chi connectivity index (χ3n) is 5.55. The SMILES string of the molecule is C=CC(=O)Nc1cccc(Cl)c1Cc1cc2cc(C(O)c3c(F)c(OC)cc(OC)c3F)oc2cn1. The lowest BCUT2D eigenvalue weighted by Gasteiger charge is -2.15. The maximum Gasteiger partial charge on any atom is 0.247 e. The van der Waals surface area contributed by atoms with Gasteiger partial charge in [0.05, 0.1) is 26.0 Å². The van der Waals surface area contributed by atoms with E-state index in [-0.39, 0.29) is 29.6 Å². The van der Waals surface area contributed by atoms with E-state index in [2.05, 4.69) is 16.9 Å². The number of aliphatic hydroxyl groups excluding tert-OH is 1. The van der Waals surface area contributed by atoms with Crippen molar-refractivity contribution in [2.75, 3.05) is 19.5 Å². The van der Waals surface area contributed by atoms with Crippen LogP contribution in [0, 0.1) is 11.6 Å². The summed E-state index contributed by atoms with van der Waals surface area (Å²) in [6, 6.07) is 9.31. The van der Waals surface area contributed by atoms with Crippen LogP contribution >= 0.6 is 11.6 Å². The molecule has 0 aliphatic rings. The van der Waals surface area contributed by atoms with Crippen molar-refractivity contribution in [1.82, 2.24) is 4.98 Å². The largest absolute Gasteiger partial charge is 0.494 e. The van der Waals surface area contributed by atoms with Crippen molar-refractivity contribution in [3.8, 4) is 11.5 Å². The Bertz CT molecular complexity index is 1440. The number of aliphatic hydroxyl groups is 1. The van der Waals surface area contributed by atoms with Crippen molar-refractivity contribution < 1.29 is 32.6 Å². The summed E-state index contributed by atoms with van der Waals surface area (Å²) in [5.41, 5.74) is 1.35. The molecule has 4 rings (SSSR count). The first kappa shape index (κ1) is 25.2. The first-order chi connectivity index (χ1) is 17.3. The Labute approximate surface area is 209 Å². The number of aromatic nitrogens is 1. The number of pyridine rings is 1. The maximum absolute atomic E-state index is 14.9. The Hall–Kier alpha value is -3.95. The van der Waals surface area contributed by atoms with Gasteiger partial charge in [-0.1, -0.05) is 24.2 Å². The van der Waals surface area contributed by atoms with Crippen LogP contribution in [0.25, 0.3) is 11.0 Å². The standard InChI is InChI=1S/C26H21ClF2N2O5/c1-4-22(32)31-17-7-5-6-16(27)15(17)10-14-8-13-9-20(36-21(13)12-30-14)26(33)23-24(28)18(34-2)11-19(35-3)25(23)29/h4-9,11-12,26,33H,1,10H2,2-3H3,(H,31,32). The Balaban J connectivity index is 1.70. The number of carbonyl (C=O) groups is 1. The number of fused-ring (bicyclic) bond motifs is 1. The molecule has 0 aliphatic heterocycles. The van der Waals surface area contributed by atoms with Gasteiger partial charge >= 0.3 is 0 Å². The number of nitrogens with one attached hydrogen (secondary N) is 1. The predicted molar refractivity (Wildman–Crippen MR) is 131 cm³/mol. The highest BCUT2D eigenvalue weighted by molar-refractivity contribution is 6.32. The van der Waals surface area contributed by atoms with Gasteiger partial charge in [-0.15, -0.1) is 0 Å². The minimum atomic E-state index is -1.78. The van der Waals surface area contributed by atoms with Gasteiger partial charge in [-0.2, -0.15) is 0 Å². The van der Waals surface area contributed by atoms with Crippen LogP contribution in [-0.4, -0.2) is 30.2 Å². The molecule has 1 unspecified atom stereocenters. The molecule has 0 fully saturated rings. The summed E-state index contributed by atoms with van der Waals surface area (Å²) in [7, 11) is 2.43. The molecule has 0 aliphatic carbocycles. The molecule has 1 atom stereocenters. The number of hydrogen-bond acceptors (Lipinski definition) is 6. The number of hydrogen-bond donors (Lipinski definition) is 2. The van der Waals surface area contributed by atoms with Gasteiger partial charge in [0.15, 0.2) is 28.7 Å². The number of rotatable bonds is 8. The van der Waals surface area contributed by atoms with E-state index < -0.39 is 23.3 Å². The first-order valence-corrected chi connectivity index (χ1v) is 11.0. The van der Waals surface area contributed by atoms with E-state index in [0.29, 0.717) is 32.9 Å². The number of nitrogens with zero attached hydrogens (tertiary/aromatic N) is 1. The van der Waals surface area contributed by atoms with E-state index in [4.69, 9.17) is 25.5 Å². The van der Waals surface area contributed by atoms with Crippen molar-refractivity contribution in [2.45, 2.75) is 12.5 Å². The van der Waals surface area contributed by atoms with E-state index >= 15 is 0 Å². The van der Waals surface area contributed by atoms with Gasteiger partial charge in [-0.05, 0) is 30.3 Å². The molecule has 0 spiro atoms. The third kappa shape index (κ3) is 4.75. The molecular weight excluding hydrogens is 494 g/mol. The summed E-state index contributed by atoms with van der Waals surface area (Å²) < 4.78 is 45.2. The first-order valence-electron chi connectivity index (χ1n) is 10.6. The Kier molecular flexibility index (Phi) is 7.23. The number of benzene rings is 2. The lowest BCUT2D eigenvalue weighted by Crippen LogP contribution is -2.10. The second-order valence-corrected chi connectivity index (χ2v) is 8.13. The normalized spacial score (nSPS) is 11.8. The topological polar surface area (TPSA) is 93.8 Å². The number of amides is 1. The Morgan fingerprint density at radius 1 is 1.22 bits per heavy atom. The fraction of sp³-hybridized carbons (Fsp3) is 0.154. The molecule has 4 aromatic rings. The van der Waals surface area contributed by atoms with E-state index in [1.54, 1.807) is 24.3 Å². The zero-order chi connectivity index (χ0) is 26.0. The molecule has 0 saturated carbocycles. The molecule has 0 saturated heterocycles. The number of ether oxygens (including phenoxy) is 2. The van der Waals surface area contributed by atoms with Crippen LogP contribution in [0.1, 0.15) is 28.7 Å². The van der Waals surface area contributed by atoms with Crippen LogP contribution in [0.2, 0.25) is 5.02 Å². The summed E-state index contributed by atoms with van der Waals surface area (Å²) in [5, 5.41) is 14.5. The number of carbonyl (C=O) groups excluding carboxylic acids is 1. The molecule has 2 aromatic heterocycles. The molecule has 0 bridgehead atoms. The van der Waals surface area contributed by atoms with Crippen LogP contribution in [0.15, 0.2) is 59.7 Å². The lowest BCUT2D eigenvalue weighted by atomic mass is 10.0. The van der Waals surface area contributed by atoms with Crippen molar-refractivity contribution >= 4 is 34.2 Å². The van der Waals surface area contributed by atoms with Crippen molar-refractivity contribution in [2.24, 2.45) is 0 Å². The minimum Gasteiger partial charge on any atom is -0.494 e. The molecule has 0 radical (unpaired) electrons. The van der Waals surface area contributed by atoms with Gasteiger partial charge in [-0.3, -0.25) is 9.78 Å². The summed E-state index contributed by atoms with van der Waals surface area (Å²) in [6.45, 7) is 3.45. The summed E-state index contributed by atoms with van der Waals surface area (Å²) in [4.78, 5) is 16.2. The predicted octanol–water partition coefficient (Wildman–Crippen LogP) is 5.57. The van der Waals surface area contributed by atoms with Gasteiger partial charge in [-0.25, -0.2) is 8.78 Å². The zero-order valence-electron chi connectivity index (χ0n) is 19.3. The maximum atomic E-state index is 14.9. The van der Waals surface area contributed by atoms with E-state index in [0.717, 1.165) is 12.1 Å². The molecular formula is C26H21ClF2N2O5. The molecule has 2 N–H and O–H groups in total. The van der Waals surface area contributed by atoms with Crippen molar-refractivity contribution in [3.63, 3.8) is 0 Å². The fourth-order valence-corrected chi connectivity index (χ4v) is 3.99. The average molecular weight is 515 g/mol. The number of furan rings is 1. The third-order valence-corrected chi connectivity index (χ3v) is 5.90. The molecule has 2 heterocycles. The van der Waals surface area contributed by atoms with E-state index in [1.165, 1.54) is 26.5 Å². The lowest BCUT2D eigenvalue weighted by molar-refractivity contribution is -0.111. The second-order valence-electron chi connectivity index (χ2n) is 7.72. The fourth-order valence-electron chi connectivity index (χ4n) is 3.75. The van der Waals surface area contributed by atoms with Gasteiger partial charge in [0.25, 0.3) is 0 Å². The minimum absolute atomic E-state index is 0.103. The van der Waals surface area contributed by atoms with Gasteiger partial charge in [0.2, 0.25) is 5.91 Å². The number of methoxy groups -OCH3 is 2. The van der Waals surface area contributed by atoms with E-state index in [9.17, 15) is 18.7 Å². The summed E-state index contributed by atoms with van der Waals surface area (Å²) >= 11 is 6.37. The second kappa shape index (κ2) is 10.3.